The lowest BCUT2D eigenvalue weighted by Crippen LogP contribution is -1.86. The number of benzene rings is 1. The molecule has 1 aromatic carbocycles. The molecule has 0 aromatic heterocycles. The first-order valence-corrected chi connectivity index (χ1v) is 6.32. The second-order valence-corrected chi connectivity index (χ2v) is 5.72. The van der Waals surface area contributed by atoms with Gasteiger partial charge in [-0.15, -0.1) is 23.5 Å². The molecule has 13 heavy (non-hydrogen) atoms. The molecule has 0 aliphatic carbocycles. The van der Waals surface area contributed by atoms with Gasteiger partial charge in [0, 0.05) is 10.0 Å². The summed E-state index contributed by atoms with van der Waals surface area (Å²) < 4.78 is 0.367. The Kier molecular flexibility index (Phi) is 3.14. The minimum absolute atomic E-state index is 0.367. The number of halogens is 2. The van der Waals surface area contributed by atoms with Gasteiger partial charge in [0.25, 0.3) is 0 Å². The van der Waals surface area contributed by atoms with Crippen molar-refractivity contribution in [2.75, 3.05) is 0 Å². The highest BCUT2D eigenvalue weighted by Gasteiger charge is 2.17. The van der Waals surface area contributed by atoms with E-state index in [1.54, 1.807) is 23.5 Å². The summed E-state index contributed by atoms with van der Waals surface area (Å²) in [4.78, 5) is 0. The smallest absolute Gasteiger partial charge is 0.0848 e. The van der Waals surface area contributed by atoms with Crippen LogP contribution in [0.3, 0.4) is 0 Å². The van der Waals surface area contributed by atoms with Crippen molar-refractivity contribution < 1.29 is 0 Å². The zero-order valence-electron chi connectivity index (χ0n) is 6.54. The molecule has 1 aromatic rings. The number of hydrogen-bond donors (Lipinski definition) is 0. The van der Waals surface area contributed by atoms with Crippen molar-refractivity contribution in [3.8, 4) is 0 Å². The standard InChI is InChI=1S/C9H6Cl2S2/c10-6-1-2-8(11)7(5-6)9-12-3-4-13-9/h1-5,9H. The van der Waals surface area contributed by atoms with Crippen LogP contribution >= 0.6 is 46.7 Å². The first kappa shape index (κ1) is 9.78. The fraction of sp³-hybridized carbons (Fsp3) is 0.111. The zero-order chi connectivity index (χ0) is 9.26. The summed E-state index contributed by atoms with van der Waals surface area (Å²) in [5, 5.41) is 5.68. The topological polar surface area (TPSA) is 0 Å². The molecule has 0 radical (unpaired) electrons. The molecule has 1 heterocycles. The summed E-state index contributed by atoms with van der Waals surface area (Å²) in [6.45, 7) is 0. The number of thioether (sulfide) groups is 2. The van der Waals surface area contributed by atoms with Gasteiger partial charge < -0.3 is 0 Å². The van der Waals surface area contributed by atoms with E-state index in [-0.39, 0.29) is 0 Å². The molecule has 2 rings (SSSR count). The highest BCUT2D eigenvalue weighted by molar-refractivity contribution is 8.21. The van der Waals surface area contributed by atoms with Crippen molar-refractivity contribution in [2.24, 2.45) is 0 Å². The van der Waals surface area contributed by atoms with Gasteiger partial charge in [-0.25, -0.2) is 0 Å². The first-order valence-electron chi connectivity index (χ1n) is 3.68. The van der Waals surface area contributed by atoms with Crippen molar-refractivity contribution >= 4 is 46.7 Å². The predicted octanol–water partition coefficient (Wildman–Crippen LogP) is 4.94. The van der Waals surface area contributed by atoms with Crippen molar-refractivity contribution in [3.63, 3.8) is 0 Å². The molecule has 0 saturated heterocycles. The van der Waals surface area contributed by atoms with Crippen LogP contribution in [0.1, 0.15) is 10.1 Å². The van der Waals surface area contributed by atoms with E-state index in [4.69, 9.17) is 23.2 Å². The molecule has 4 heteroatoms. The molecule has 0 N–H and O–H groups in total. The maximum atomic E-state index is 6.06. The molecule has 0 atom stereocenters. The van der Waals surface area contributed by atoms with Gasteiger partial charge in [0.15, 0.2) is 0 Å². The van der Waals surface area contributed by atoms with Crippen LogP contribution in [0.2, 0.25) is 10.0 Å². The maximum Gasteiger partial charge on any atom is 0.0848 e. The van der Waals surface area contributed by atoms with Crippen molar-refractivity contribution in [1.29, 1.82) is 0 Å². The summed E-state index contributed by atoms with van der Waals surface area (Å²) in [7, 11) is 0. The van der Waals surface area contributed by atoms with Gasteiger partial charge in [-0.3, -0.25) is 0 Å². The molecule has 0 nitrogen and oxygen atoms in total. The number of hydrogen-bond acceptors (Lipinski definition) is 2. The SMILES string of the molecule is Clc1ccc(Cl)c(C2SC=CS2)c1. The largest absolute Gasteiger partial charge is 0.114 e. The van der Waals surface area contributed by atoms with Gasteiger partial charge in [-0.05, 0) is 34.6 Å². The molecule has 0 saturated carbocycles. The van der Waals surface area contributed by atoms with Crippen molar-refractivity contribution in [3.05, 3.63) is 44.6 Å². The van der Waals surface area contributed by atoms with E-state index in [1.807, 2.05) is 18.2 Å². The molecule has 0 fully saturated rings. The third kappa shape index (κ3) is 2.18. The minimum atomic E-state index is 0.367. The third-order valence-corrected chi connectivity index (χ3v) is 4.68. The van der Waals surface area contributed by atoms with Crippen LogP contribution < -0.4 is 0 Å². The average molecular weight is 249 g/mol. The molecule has 1 aliphatic rings. The second kappa shape index (κ2) is 4.18. The van der Waals surface area contributed by atoms with Crippen LogP contribution in [0.5, 0.6) is 0 Å². The Hall–Kier alpha value is 0.240. The summed E-state index contributed by atoms with van der Waals surface area (Å²) in [6.07, 6.45) is 0. The molecule has 0 bridgehead atoms. The summed E-state index contributed by atoms with van der Waals surface area (Å²) >= 11 is 15.5. The average Bonchev–Trinajstić information content (AvgIpc) is 2.61. The molecule has 0 unspecified atom stereocenters. The van der Waals surface area contributed by atoms with Crippen molar-refractivity contribution in [1.82, 2.24) is 0 Å². The Labute approximate surface area is 95.7 Å². The van der Waals surface area contributed by atoms with Gasteiger partial charge in [0.2, 0.25) is 0 Å². The lowest BCUT2D eigenvalue weighted by atomic mass is 10.2. The van der Waals surface area contributed by atoms with E-state index >= 15 is 0 Å². The van der Waals surface area contributed by atoms with E-state index in [2.05, 4.69) is 10.8 Å². The zero-order valence-corrected chi connectivity index (χ0v) is 9.68. The predicted molar refractivity (Wildman–Crippen MR) is 63.5 cm³/mol. The highest BCUT2D eigenvalue weighted by Crippen LogP contribution is 2.48. The summed E-state index contributed by atoms with van der Waals surface area (Å²) in [6, 6.07) is 5.59. The Balaban J connectivity index is 2.33. The van der Waals surface area contributed by atoms with Crippen LogP contribution in [-0.4, -0.2) is 0 Å². The van der Waals surface area contributed by atoms with Gasteiger partial charge in [-0.2, -0.15) is 0 Å². The van der Waals surface area contributed by atoms with Gasteiger partial charge >= 0.3 is 0 Å². The Morgan fingerprint density at radius 2 is 1.77 bits per heavy atom. The lowest BCUT2D eigenvalue weighted by Gasteiger charge is -2.10. The van der Waals surface area contributed by atoms with Gasteiger partial charge in [0.1, 0.15) is 0 Å². The molecule has 0 amide bonds. The van der Waals surface area contributed by atoms with Crippen LogP contribution in [0.25, 0.3) is 0 Å². The highest BCUT2D eigenvalue weighted by atomic mass is 35.5. The number of rotatable bonds is 1. The van der Waals surface area contributed by atoms with Gasteiger partial charge in [0.05, 0.1) is 4.58 Å². The molecule has 68 valence electrons. The van der Waals surface area contributed by atoms with E-state index < -0.39 is 0 Å². The molecular weight excluding hydrogens is 243 g/mol. The molecular formula is C9H6Cl2S2. The Bertz CT molecular complexity index is 341. The fourth-order valence-corrected chi connectivity index (χ4v) is 3.74. The van der Waals surface area contributed by atoms with Crippen LogP contribution in [-0.2, 0) is 0 Å². The van der Waals surface area contributed by atoms with Crippen molar-refractivity contribution in [2.45, 2.75) is 4.58 Å². The van der Waals surface area contributed by atoms with Crippen LogP contribution in [0.4, 0.5) is 0 Å². The second-order valence-electron chi connectivity index (χ2n) is 2.54. The van der Waals surface area contributed by atoms with E-state index in [9.17, 15) is 0 Å². The maximum absolute atomic E-state index is 6.06. The first-order chi connectivity index (χ1) is 6.27. The van der Waals surface area contributed by atoms with Gasteiger partial charge in [-0.1, -0.05) is 23.2 Å². The Morgan fingerprint density at radius 1 is 1.08 bits per heavy atom. The lowest BCUT2D eigenvalue weighted by molar-refractivity contribution is 1.39. The molecule has 0 spiro atoms. The normalized spacial score (nSPS) is 16.8. The summed E-state index contributed by atoms with van der Waals surface area (Å²) in [5.41, 5.74) is 1.11. The quantitative estimate of drug-likeness (QED) is 0.691. The monoisotopic (exact) mass is 248 g/mol. The minimum Gasteiger partial charge on any atom is -0.114 e. The fourth-order valence-electron chi connectivity index (χ4n) is 1.08. The van der Waals surface area contributed by atoms with Crippen LogP contribution in [0.15, 0.2) is 29.0 Å². The third-order valence-electron chi connectivity index (χ3n) is 1.67. The van der Waals surface area contributed by atoms with Crippen LogP contribution in [0, 0.1) is 0 Å². The Morgan fingerprint density at radius 3 is 2.46 bits per heavy atom. The van der Waals surface area contributed by atoms with E-state index in [1.165, 1.54) is 0 Å². The van der Waals surface area contributed by atoms with E-state index in [0.717, 1.165) is 15.6 Å². The summed E-state index contributed by atoms with van der Waals surface area (Å²) in [5.74, 6) is 0. The van der Waals surface area contributed by atoms with E-state index in [0.29, 0.717) is 4.58 Å². The molecule has 1 aliphatic heterocycles.